The predicted octanol–water partition coefficient (Wildman–Crippen LogP) is 15.2. The standard InChI is InChI=1S/C87H90O15S/c88-76-73(60-89-51-63-31-11-1-12-32-63)98-85(82(95-57-69-43-23-7-24-44-69)79(76)92-54-66-37-17-4-18-38-66)101-77-74(61-90-52-64-33-13-2-14-34-64)99-86(83(96-58-70-45-25-8-26-46-70)80(77)93-55-67-39-19-5-20-40-67)102-78-75(62-91-53-65-35-15-3-16-36-65)100-87(103-72-49-29-10-30-50-72)84(97-59-71-47-27-9-28-48-71)81(78)94-56-68-41-21-6-22-42-68/h1-50,73-88H,51-62H2/t73-,74-,75-,76-,77-,78-,79+,80+,81+,82-,83-,84-,85-,86-,87+/m1/s1. The fourth-order valence-corrected chi connectivity index (χ4v) is 14.1. The van der Waals surface area contributed by atoms with Crippen LogP contribution in [0.1, 0.15) is 50.1 Å². The second-order valence-electron chi connectivity index (χ2n) is 25.8. The van der Waals surface area contributed by atoms with Gasteiger partial charge in [-0.05, 0) is 62.2 Å². The zero-order chi connectivity index (χ0) is 69.9. The Morgan fingerprint density at radius 3 is 0.825 bits per heavy atom. The van der Waals surface area contributed by atoms with E-state index in [-0.39, 0.29) is 72.7 Å². The Balaban J connectivity index is 0.929. The Hall–Kier alpha value is -8.05. The molecule has 3 heterocycles. The van der Waals surface area contributed by atoms with Gasteiger partial charge in [-0.2, -0.15) is 0 Å². The Bertz CT molecular complexity index is 3950. The number of aliphatic hydroxyl groups excluding tert-OH is 1. The third-order valence-electron chi connectivity index (χ3n) is 18.3. The summed E-state index contributed by atoms with van der Waals surface area (Å²) in [5.41, 5.74) is 7.72. The number of thioether (sulfide) groups is 1. The second-order valence-corrected chi connectivity index (χ2v) is 27.0. The van der Waals surface area contributed by atoms with Gasteiger partial charge in [0.15, 0.2) is 12.6 Å². The lowest BCUT2D eigenvalue weighted by Crippen LogP contribution is -2.68. The molecule has 16 heteroatoms. The van der Waals surface area contributed by atoms with Gasteiger partial charge in [-0.1, -0.05) is 303 Å². The topological polar surface area (TPSA) is 149 Å². The second kappa shape index (κ2) is 39.2. The molecule has 15 atom stereocenters. The summed E-state index contributed by atoms with van der Waals surface area (Å²) in [6.45, 7) is 1.67. The van der Waals surface area contributed by atoms with Crippen LogP contribution in [0.4, 0.5) is 0 Å². The molecule has 0 unspecified atom stereocenters. The molecule has 0 radical (unpaired) electrons. The normalized spacial score (nSPS) is 24.9. The number of aliphatic hydroxyl groups is 1. The highest BCUT2D eigenvalue weighted by Gasteiger charge is 2.57. The van der Waals surface area contributed by atoms with Crippen molar-refractivity contribution < 1.29 is 71.4 Å². The highest BCUT2D eigenvalue weighted by atomic mass is 32.2. The first-order chi connectivity index (χ1) is 51.0. The molecule has 0 amide bonds. The van der Waals surface area contributed by atoms with Crippen molar-refractivity contribution in [1.29, 1.82) is 0 Å². The van der Waals surface area contributed by atoms with Crippen molar-refractivity contribution in [2.24, 2.45) is 0 Å². The van der Waals surface area contributed by atoms with Gasteiger partial charge in [0.2, 0.25) is 0 Å². The van der Waals surface area contributed by atoms with Gasteiger partial charge in [-0.3, -0.25) is 0 Å². The van der Waals surface area contributed by atoms with Crippen LogP contribution in [0.5, 0.6) is 0 Å². The van der Waals surface area contributed by atoms with E-state index in [0.29, 0.717) is 6.61 Å². The first-order valence-electron chi connectivity index (χ1n) is 35.4. The molecule has 3 fully saturated rings. The summed E-state index contributed by atoms with van der Waals surface area (Å²) in [6, 6.07) is 99.9. The van der Waals surface area contributed by atoms with Gasteiger partial charge in [-0.15, -0.1) is 0 Å². The molecule has 0 aromatic heterocycles. The molecule has 103 heavy (non-hydrogen) atoms. The van der Waals surface area contributed by atoms with Crippen LogP contribution < -0.4 is 0 Å². The molecule has 3 aliphatic rings. The van der Waals surface area contributed by atoms with Crippen molar-refractivity contribution in [3.05, 3.63) is 353 Å². The average Bonchev–Trinajstić information content (AvgIpc) is 0.766. The molecule has 1 N–H and O–H groups in total. The van der Waals surface area contributed by atoms with Gasteiger partial charge >= 0.3 is 0 Å². The summed E-state index contributed by atoms with van der Waals surface area (Å²) in [5, 5.41) is 12.8. The SMILES string of the molecule is O[C@H]1[C@H](OCc2ccccc2)[C@@H](OCc2ccccc2)[C@@H](O[C@H]2[C@H](OCc3ccccc3)[C@@H](OCc3ccccc3)[C@@H](O[C@H]3[C@H](OCc4ccccc4)[C@@H](OCc4ccccc4)[C@H](Sc4ccccc4)O[C@@H]3COCc3ccccc3)O[C@@H]2COCc2ccccc2)O[C@@H]1COCc1ccccc1. The van der Waals surface area contributed by atoms with E-state index in [1.54, 1.807) is 11.8 Å². The lowest BCUT2D eigenvalue weighted by molar-refractivity contribution is -0.387. The summed E-state index contributed by atoms with van der Waals surface area (Å²) in [7, 11) is 0. The molecule has 3 saturated heterocycles. The van der Waals surface area contributed by atoms with E-state index >= 15 is 0 Å². The lowest BCUT2D eigenvalue weighted by atomic mass is 9.95. The molecule has 0 spiro atoms. The number of hydrogen-bond acceptors (Lipinski definition) is 16. The summed E-state index contributed by atoms with van der Waals surface area (Å²) in [5.74, 6) is 0. The number of hydrogen-bond donors (Lipinski definition) is 1. The van der Waals surface area contributed by atoms with E-state index in [1.807, 2.05) is 291 Å². The van der Waals surface area contributed by atoms with Crippen molar-refractivity contribution in [3.63, 3.8) is 0 Å². The van der Waals surface area contributed by atoms with Crippen LogP contribution in [-0.4, -0.2) is 116 Å². The van der Waals surface area contributed by atoms with Gasteiger partial charge in [0, 0.05) is 4.90 Å². The predicted molar refractivity (Wildman–Crippen MR) is 392 cm³/mol. The molecule has 0 bridgehead atoms. The molecule has 10 aromatic rings. The summed E-state index contributed by atoms with van der Waals surface area (Å²) >= 11 is 1.56. The summed E-state index contributed by atoms with van der Waals surface area (Å²) < 4.78 is 101. The number of ether oxygens (including phenoxy) is 14. The lowest BCUT2D eigenvalue weighted by Gasteiger charge is -2.51. The van der Waals surface area contributed by atoms with Gasteiger partial charge in [0.05, 0.1) is 79.3 Å². The minimum Gasteiger partial charge on any atom is -0.387 e. The minimum absolute atomic E-state index is 0.0298. The van der Waals surface area contributed by atoms with E-state index in [2.05, 4.69) is 12.1 Å². The minimum atomic E-state index is -1.28. The summed E-state index contributed by atoms with van der Waals surface area (Å²) in [6.07, 6.45) is -14.6. The fourth-order valence-electron chi connectivity index (χ4n) is 12.9. The maximum absolute atomic E-state index is 12.8. The van der Waals surface area contributed by atoms with Gasteiger partial charge in [-0.25, -0.2) is 0 Å². The third-order valence-corrected chi connectivity index (χ3v) is 19.4. The molecule has 13 rings (SSSR count). The zero-order valence-electron chi connectivity index (χ0n) is 57.6. The highest BCUT2D eigenvalue weighted by Crippen LogP contribution is 2.42. The number of benzene rings is 10. The maximum atomic E-state index is 12.8. The molecule has 15 nitrogen and oxygen atoms in total. The molecule has 3 aliphatic heterocycles. The zero-order valence-corrected chi connectivity index (χ0v) is 58.4. The van der Waals surface area contributed by atoms with Gasteiger partial charge < -0.3 is 71.4 Å². The van der Waals surface area contributed by atoms with Crippen LogP contribution >= 0.6 is 11.8 Å². The molecule has 534 valence electrons. The van der Waals surface area contributed by atoms with Crippen LogP contribution in [0.2, 0.25) is 0 Å². The van der Waals surface area contributed by atoms with E-state index < -0.39 is 91.3 Å². The van der Waals surface area contributed by atoms with Crippen molar-refractivity contribution in [2.75, 3.05) is 19.8 Å². The smallest absolute Gasteiger partial charge is 0.187 e. The van der Waals surface area contributed by atoms with Crippen LogP contribution in [-0.2, 0) is 126 Å². The van der Waals surface area contributed by atoms with E-state index in [9.17, 15) is 5.11 Å². The van der Waals surface area contributed by atoms with Crippen molar-refractivity contribution in [3.8, 4) is 0 Å². The van der Waals surface area contributed by atoms with Crippen molar-refractivity contribution in [1.82, 2.24) is 0 Å². The Labute approximate surface area is 608 Å². The van der Waals surface area contributed by atoms with Crippen molar-refractivity contribution in [2.45, 2.75) is 156 Å². The van der Waals surface area contributed by atoms with Crippen LogP contribution in [0.25, 0.3) is 0 Å². The Morgan fingerprint density at radius 1 is 0.243 bits per heavy atom. The van der Waals surface area contributed by atoms with Crippen molar-refractivity contribution >= 4 is 11.8 Å². The van der Waals surface area contributed by atoms with Crippen LogP contribution in [0, 0.1) is 0 Å². The van der Waals surface area contributed by atoms with E-state index in [0.717, 1.165) is 55.0 Å². The quantitative estimate of drug-likeness (QED) is 0.0396. The van der Waals surface area contributed by atoms with Crippen LogP contribution in [0.3, 0.4) is 0 Å². The molecular weight excluding hydrogens is 1320 g/mol. The summed E-state index contributed by atoms with van der Waals surface area (Å²) in [4.78, 5) is 0.975. The van der Waals surface area contributed by atoms with Gasteiger partial charge in [0.1, 0.15) is 78.7 Å². The molecule has 10 aromatic carbocycles. The maximum Gasteiger partial charge on any atom is 0.187 e. The van der Waals surface area contributed by atoms with Crippen LogP contribution in [0.15, 0.2) is 308 Å². The average molecular weight is 1410 g/mol. The largest absolute Gasteiger partial charge is 0.387 e. The highest BCUT2D eigenvalue weighted by molar-refractivity contribution is 7.99. The van der Waals surface area contributed by atoms with Gasteiger partial charge in [0.25, 0.3) is 0 Å². The molecule has 0 saturated carbocycles. The first-order valence-corrected chi connectivity index (χ1v) is 36.3. The Morgan fingerprint density at radius 2 is 0.485 bits per heavy atom. The van der Waals surface area contributed by atoms with E-state index in [1.165, 1.54) is 0 Å². The van der Waals surface area contributed by atoms with E-state index in [4.69, 9.17) is 66.3 Å². The Kier molecular flexibility index (Phi) is 27.9. The molecular formula is C87H90O15S. The first kappa shape index (κ1) is 73.3. The molecule has 0 aliphatic carbocycles. The number of rotatable bonds is 36. The fraction of sp³-hybridized carbons (Fsp3) is 0.310. The monoisotopic (exact) mass is 1410 g/mol. The third kappa shape index (κ3) is 21.6.